The lowest BCUT2D eigenvalue weighted by Gasteiger charge is -2.26. The van der Waals surface area contributed by atoms with Crippen molar-refractivity contribution < 1.29 is 4.74 Å². The van der Waals surface area contributed by atoms with Crippen molar-refractivity contribution in [2.45, 2.75) is 18.9 Å². The van der Waals surface area contributed by atoms with E-state index in [0.29, 0.717) is 6.04 Å². The van der Waals surface area contributed by atoms with E-state index in [-0.39, 0.29) is 0 Å². The van der Waals surface area contributed by atoms with Crippen molar-refractivity contribution in [2.75, 3.05) is 30.9 Å². The van der Waals surface area contributed by atoms with Gasteiger partial charge in [0, 0.05) is 25.0 Å². The molecule has 1 aromatic carbocycles. The molecular weight excluding hydrogens is 188 g/mol. The third kappa shape index (κ3) is 2.23. The fourth-order valence-corrected chi connectivity index (χ4v) is 2.21. The number of benzene rings is 1. The quantitative estimate of drug-likeness (QED) is 0.767. The molecule has 1 fully saturated rings. The maximum absolute atomic E-state index is 5.68. The first-order valence-corrected chi connectivity index (χ1v) is 5.42. The van der Waals surface area contributed by atoms with Gasteiger partial charge in [-0.2, -0.15) is 0 Å². The van der Waals surface area contributed by atoms with Gasteiger partial charge in [-0.25, -0.2) is 0 Å². The van der Waals surface area contributed by atoms with Crippen molar-refractivity contribution in [1.82, 2.24) is 0 Å². The first-order valence-electron chi connectivity index (χ1n) is 5.42. The molecule has 0 spiro atoms. The van der Waals surface area contributed by atoms with Gasteiger partial charge in [0.05, 0.1) is 12.6 Å². The number of anilines is 2. The molecule has 2 rings (SSSR count). The van der Waals surface area contributed by atoms with Crippen LogP contribution in [0.25, 0.3) is 0 Å². The summed E-state index contributed by atoms with van der Waals surface area (Å²) in [6, 6.07) is 8.61. The van der Waals surface area contributed by atoms with Gasteiger partial charge in [-0.1, -0.05) is 0 Å². The fourth-order valence-electron chi connectivity index (χ4n) is 2.21. The van der Waals surface area contributed by atoms with Gasteiger partial charge < -0.3 is 15.4 Å². The molecule has 2 N–H and O–H groups in total. The number of nitrogen functional groups attached to an aromatic ring is 1. The molecule has 15 heavy (non-hydrogen) atoms. The van der Waals surface area contributed by atoms with Crippen molar-refractivity contribution in [2.24, 2.45) is 0 Å². The van der Waals surface area contributed by atoms with Gasteiger partial charge in [-0.15, -0.1) is 0 Å². The molecule has 82 valence electrons. The SMILES string of the molecule is COC[C@H]1CCCN1c1ccc(N)cc1. The van der Waals surface area contributed by atoms with Crippen LogP contribution < -0.4 is 10.6 Å². The molecule has 3 heteroatoms. The zero-order chi connectivity index (χ0) is 10.7. The average molecular weight is 206 g/mol. The van der Waals surface area contributed by atoms with Crippen LogP contribution in [0.2, 0.25) is 0 Å². The van der Waals surface area contributed by atoms with Crippen LogP contribution in [-0.4, -0.2) is 26.3 Å². The van der Waals surface area contributed by atoms with Gasteiger partial charge in [0.2, 0.25) is 0 Å². The fraction of sp³-hybridized carbons (Fsp3) is 0.500. The van der Waals surface area contributed by atoms with Crippen LogP contribution in [-0.2, 0) is 4.74 Å². The van der Waals surface area contributed by atoms with Gasteiger partial charge in [-0.3, -0.25) is 0 Å². The van der Waals surface area contributed by atoms with Gasteiger partial charge in [-0.05, 0) is 37.1 Å². The molecular formula is C12H18N2O. The van der Waals surface area contributed by atoms with Crippen molar-refractivity contribution in [3.8, 4) is 0 Å². The Morgan fingerprint density at radius 3 is 2.80 bits per heavy atom. The monoisotopic (exact) mass is 206 g/mol. The lowest BCUT2D eigenvalue weighted by Crippen LogP contribution is -2.32. The smallest absolute Gasteiger partial charge is 0.0666 e. The molecule has 0 radical (unpaired) electrons. The molecule has 0 bridgehead atoms. The molecule has 0 saturated carbocycles. The van der Waals surface area contributed by atoms with E-state index in [9.17, 15) is 0 Å². The van der Waals surface area contributed by atoms with Crippen LogP contribution in [0, 0.1) is 0 Å². The molecule has 1 heterocycles. The summed E-state index contributed by atoms with van der Waals surface area (Å²) < 4.78 is 5.23. The highest BCUT2D eigenvalue weighted by Gasteiger charge is 2.24. The topological polar surface area (TPSA) is 38.5 Å². The average Bonchev–Trinajstić information content (AvgIpc) is 2.68. The summed E-state index contributed by atoms with van der Waals surface area (Å²) in [6.07, 6.45) is 2.47. The maximum Gasteiger partial charge on any atom is 0.0666 e. The van der Waals surface area contributed by atoms with Crippen LogP contribution in [0.3, 0.4) is 0 Å². The second-order valence-corrected chi connectivity index (χ2v) is 4.04. The summed E-state index contributed by atoms with van der Waals surface area (Å²) in [5, 5.41) is 0. The minimum atomic E-state index is 0.527. The molecule has 1 atom stereocenters. The van der Waals surface area contributed by atoms with E-state index in [1.807, 2.05) is 12.1 Å². The van der Waals surface area contributed by atoms with Crippen LogP contribution in [0.1, 0.15) is 12.8 Å². The number of methoxy groups -OCH3 is 1. The largest absolute Gasteiger partial charge is 0.399 e. The number of ether oxygens (including phenoxy) is 1. The summed E-state index contributed by atoms with van der Waals surface area (Å²) in [5.41, 5.74) is 7.75. The number of rotatable bonds is 3. The van der Waals surface area contributed by atoms with E-state index in [4.69, 9.17) is 10.5 Å². The van der Waals surface area contributed by atoms with E-state index < -0.39 is 0 Å². The van der Waals surface area contributed by atoms with E-state index in [0.717, 1.165) is 18.8 Å². The predicted octanol–water partition coefficient (Wildman–Crippen LogP) is 1.88. The van der Waals surface area contributed by atoms with Crippen LogP contribution in [0.4, 0.5) is 11.4 Å². The second-order valence-electron chi connectivity index (χ2n) is 4.04. The molecule has 3 nitrogen and oxygen atoms in total. The molecule has 0 aromatic heterocycles. The Balaban J connectivity index is 2.11. The summed E-state index contributed by atoms with van der Waals surface area (Å²) in [4.78, 5) is 2.41. The summed E-state index contributed by atoms with van der Waals surface area (Å²) >= 11 is 0. The van der Waals surface area contributed by atoms with Crippen molar-refractivity contribution in [1.29, 1.82) is 0 Å². The number of nitrogens with two attached hydrogens (primary N) is 1. The molecule has 1 aliphatic rings. The third-order valence-electron chi connectivity index (χ3n) is 2.96. The Labute approximate surface area is 90.8 Å². The standard InChI is InChI=1S/C12H18N2O/c1-15-9-12-3-2-8-14(12)11-6-4-10(13)5-7-11/h4-7,12H,2-3,8-9,13H2,1H3/t12-/m1/s1. The molecule has 0 amide bonds. The second kappa shape index (κ2) is 4.53. The highest BCUT2D eigenvalue weighted by molar-refractivity contribution is 5.54. The Morgan fingerprint density at radius 2 is 2.13 bits per heavy atom. The van der Waals surface area contributed by atoms with Crippen LogP contribution in [0.15, 0.2) is 24.3 Å². The summed E-state index contributed by atoms with van der Waals surface area (Å²) in [6.45, 7) is 1.93. The summed E-state index contributed by atoms with van der Waals surface area (Å²) in [5.74, 6) is 0. The zero-order valence-corrected chi connectivity index (χ0v) is 9.15. The predicted molar refractivity (Wildman–Crippen MR) is 63.1 cm³/mol. The normalized spacial score (nSPS) is 20.9. The van der Waals surface area contributed by atoms with E-state index >= 15 is 0 Å². The summed E-state index contributed by atoms with van der Waals surface area (Å²) in [7, 11) is 1.76. The third-order valence-corrected chi connectivity index (χ3v) is 2.96. The van der Waals surface area contributed by atoms with Crippen LogP contribution >= 0.6 is 0 Å². The molecule has 0 unspecified atom stereocenters. The molecule has 1 saturated heterocycles. The Hall–Kier alpha value is -1.22. The first kappa shape index (κ1) is 10.3. The maximum atomic E-state index is 5.68. The minimum absolute atomic E-state index is 0.527. The molecule has 1 aromatic rings. The Morgan fingerprint density at radius 1 is 1.40 bits per heavy atom. The van der Waals surface area contributed by atoms with Gasteiger partial charge in [0.15, 0.2) is 0 Å². The lowest BCUT2D eigenvalue weighted by atomic mass is 10.2. The Bertz CT molecular complexity index is 310. The first-order chi connectivity index (χ1) is 7.31. The van der Waals surface area contributed by atoms with Gasteiger partial charge >= 0.3 is 0 Å². The van der Waals surface area contributed by atoms with Gasteiger partial charge in [0.25, 0.3) is 0 Å². The molecule has 1 aliphatic heterocycles. The van der Waals surface area contributed by atoms with Crippen LogP contribution in [0.5, 0.6) is 0 Å². The minimum Gasteiger partial charge on any atom is -0.399 e. The number of hydrogen-bond donors (Lipinski definition) is 1. The number of nitrogens with zero attached hydrogens (tertiary/aromatic N) is 1. The molecule has 0 aliphatic carbocycles. The van der Waals surface area contributed by atoms with E-state index in [2.05, 4.69) is 17.0 Å². The van der Waals surface area contributed by atoms with E-state index in [1.165, 1.54) is 18.5 Å². The lowest BCUT2D eigenvalue weighted by molar-refractivity contribution is 0.181. The highest BCUT2D eigenvalue weighted by Crippen LogP contribution is 2.26. The van der Waals surface area contributed by atoms with Gasteiger partial charge in [0.1, 0.15) is 0 Å². The van der Waals surface area contributed by atoms with E-state index in [1.54, 1.807) is 7.11 Å². The van der Waals surface area contributed by atoms with Crippen molar-refractivity contribution in [3.63, 3.8) is 0 Å². The zero-order valence-electron chi connectivity index (χ0n) is 9.15. The number of hydrogen-bond acceptors (Lipinski definition) is 3. The van der Waals surface area contributed by atoms with Crippen molar-refractivity contribution in [3.05, 3.63) is 24.3 Å². The van der Waals surface area contributed by atoms with Crippen molar-refractivity contribution >= 4 is 11.4 Å². The Kier molecular flexibility index (Phi) is 3.11. The highest BCUT2D eigenvalue weighted by atomic mass is 16.5.